The highest BCUT2D eigenvalue weighted by Crippen LogP contribution is 2.52. The Bertz CT molecular complexity index is 944. The first-order valence-corrected chi connectivity index (χ1v) is 10.2. The summed E-state index contributed by atoms with van der Waals surface area (Å²) in [6.07, 6.45) is -1.57. The molecular formula is C19H22INO4S2. The minimum atomic E-state index is -2.76. The van der Waals surface area contributed by atoms with Gasteiger partial charge in [-0.2, -0.15) is 0 Å². The Morgan fingerprint density at radius 2 is 1.78 bits per heavy atom. The average molecular weight is 525 g/mol. The maximum atomic E-state index is 13.3. The molecule has 5 heterocycles. The Morgan fingerprint density at radius 1 is 1.22 bits per heavy atom. The summed E-state index contributed by atoms with van der Waals surface area (Å²) in [4.78, 5) is 14.1. The Hall–Kier alpha value is -0.520. The van der Waals surface area contributed by atoms with E-state index >= 15 is 0 Å². The zero-order valence-corrected chi connectivity index (χ0v) is 17.9. The molecular weight excluding hydrogens is 497 g/mol. The highest BCUT2D eigenvalue weighted by molar-refractivity contribution is 7.12. The lowest BCUT2D eigenvalue weighted by atomic mass is 9.95. The topological polar surface area (TPSA) is 59.1 Å². The monoisotopic (exact) mass is 525 g/mol. The third-order valence-corrected chi connectivity index (χ3v) is 7.66. The fourth-order valence-corrected chi connectivity index (χ4v) is 6.04. The number of quaternary nitrogens is 1. The van der Waals surface area contributed by atoms with Crippen LogP contribution in [0.15, 0.2) is 35.0 Å². The second-order valence-electron chi connectivity index (χ2n) is 7.14. The van der Waals surface area contributed by atoms with E-state index in [9.17, 15) is 9.90 Å². The number of halogens is 1. The SMILES string of the molecule is [2H]C([2H])([2H])[N+]1(C([2H])([2H])[2H])[C@@H]2CC(OC(=O)C(O)(c3cccs3)c3cccs3)C[C@H]1[C@@H]1O[C@@H]12.[I-]. The van der Waals surface area contributed by atoms with Crippen molar-refractivity contribution in [3.63, 3.8) is 0 Å². The van der Waals surface area contributed by atoms with E-state index in [2.05, 4.69) is 0 Å². The van der Waals surface area contributed by atoms with Crippen LogP contribution in [-0.2, 0) is 19.9 Å². The first-order chi connectivity index (χ1) is 14.9. The molecule has 0 amide bonds. The first-order valence-electron chi connectivity index (χ1n) is 11.5. The third-order valence-electron chi connectivity index (χ3n) is 5.70. The van der Waals surface area contributed by atoms with Crippen LogP contribution in [0.1, 0.15) is 30.8 Å². The molecule has 0 radical (unpaired) electrons. The molecule has 2 bridgehead atoms. The van der Waals surface area contributed by atoms with E-state index in [1.165, 1.54) is 22.7 Å². The van der Waals surface area contributed by atoms with Crippen molar-refractivity contribution in [2.45, 2.75) is 48.8 Å². The molecule has 5 atom stereocenters. The third kappa shape index (κ3) is 2.91. The standard InChI is InChI=1S/C19H22NO4S2.HI/c1-20(2)12-9-11(10-13(20)17-16(12)24-17)23-18(21)19(22,14-5-3-7-25-14)15-6-4-8-26-15;/h3-8,11-13,16-17,22H,9-10H2,1-2H3;1H/q+1;/p-1/t11?,12-,13+,16-,17+;/i1D3,2D3;. The van der Waals surface area contributed by atoms with Crippen LogP contribution in [-0.4, -0.2) is 59.9 Å². The molecule has 0 aromatic carbocycles. The number of nitrogens with zero attached hydrogens (tertiary/aromatic N) is 1. The second kappa shape index (κ2) is 6.77. The van der Waals surface area contributed by atoms with E-state index in [4.69, 9.17) is 17.7 Å². The molecule has 2 aromatic heterocycles. The number of hydrogen-bond acceptors (Lipinski definition) is 6. The summed E-state index contributed by atoms with van der Waals surface area (Å²) in [6, 6.07) is 5.10. The lowest BCUT2D eigenvalue weighted by Gasteiger charge is -2.45. The molecule has 5 rings (SSSR count). The van der Waals surface area contributed by atoms with Gasteiger partial charge < -0.3 is 43.0 Å². The quantitative estimate of drug-likeness (QED) is 0.250. The molecule has 27 heavy (non-hydrogen) atoms. The molecule has 8 heteroatoms. The molecule has 3 aliphatic heterocycles. The number of carbonyl (C=O) groups is 1. The Labute approximate surface area is 191 Å². The largest absolute Gasteiger partial charge is 1.00 e. The van der Waals surface area contributed by atoms with Gasteiger partial charge in [0.1, 0.15) is 30.4 Å². The molecule has 5 nitrogen and oxygen atoms in total. The molecule has 3 aliphatic rings. The minimum Gasteiger partial charge on any atom is -1.00 e. The summed E-state index contributed by atoms with van der Waals surface area (Å²) < 4.78 is 58.8. The molecule has 146 valence electrons. The van der Waals surface area contributed by atoms with Crippen molar-refractivity contribution in [3.05, 3.63) is 44.8 Å². The van der Waals surface area contributed by atoms with Gasteiger partial charge in [0.2, 0.25) is 5.60 Å². The van der Waals surface area contributed by atoms with Crippen molar-refractivity contribution in [2.75, 3.05) is 14.0 Å². The Kier molecular flexibility index (Phi) is 3.43. The molecule has 0 spiro atoms. The number of ether oxygens (including phenoxy) is 2. The van der Waals surface area contributed by atoms with Crippen LogP contribution < -0.4 is 24.0 Å². The normalized spacial score (nSPS) is 37.3. The van der Waals surface area contributed by atoms with Gasteiger partial charge in [-0.05, 0) is 22.9 Å². The Balaban J connectivity index is 0.00000259. The summed E-state index contributed by atoms with van der Waals surface area (Å²) in [5, 5.41) is 14.9. The fourth-order valence-electron chi connectivity index (χ4n) is 4.32. The molecule has 0 aliphatic carbocycles. The van der Waals surface area contributed by atoms with Gasteiger partial charge in [-0.25, -0.2) is 4.79 Å². The smallest absolute Gasteiger partial charge is 0.349 e. The van der Waals surface area contributed by atoms with Gasteiger partial charge in [0.15, 0.2) is 0 Å². The van der Waals surface area contributed by atoms with Crippen molar-refractivity contribution in [2.24, 2.45) is 0 Å². The first kappa shape index (κ1) is 13.7. The summed E-state index contributed by atoms with van der Waals surface area (Å²) in [5.41, 5.74) is -1.97. The molecule has 3 saturated heterocycles. The van der Waals surface area contributed by atoms with Crippen LogP contribution in [0.3, 0.4) is 0 Å². The van der Waals surface area contributed by atoms with Crippen LogP contribution in [0.5, 0.6) is 0 Å². The van der Waals surface area contributed by atoms with E-state index < -0.39 is 60.4 Å². The number of likely N-dealkylation sites (N-methyl/N-ethyl adjacent to an activating group) is 1. The van der Waals surface area contributed by atoms with E-state index in [1.54, 1.807) is 35.0 Å². The lowest BCUT2D eigenvalue weighted by molar-refractivity contribution is -0.938. The number of rotatable bonds is 4. The number of epoxide rings is 1. The number of aliphatic hydroxyl groups is 1. The number of morpholine rings is 1. The van der Waals surface area contributed by atoms with Gasteiger partial charge in [0, 0.05) is 12.8 Å². The van der Waals surface area contributed by atoms with Gasteiger partial charge in [-0.3, -0.25) is 0 Å². The van der Waals surface area contributed by atoms with Crippen LogP contribution in [0, 0.1) is 0 Å². The zero-order chi connectivity index (χ0) is 23.1. The Morgan fingerprint density at radius 3 is 2.22 bits per heavy atom. The summed E-state index contributed by atoms with van der Waals surface area (Å²) >= 11 is 2.46. The van der Waals surface area contributed by atoms with Crippen molar-refractivity contribution in [3.8, 4) is 0 Å². The second-order valence-corrected chi connectivity index (χ2v) is 9.04. The molecule has 3 fully saturated rings. The molecule has 0 saturated carbocycles. The van der Waals surface area contributed by atoms with E-state index in [1.807, 2.05) is 0 Å². The van der Waals surface area contributed by atoms with Crippen molar-refractivity contribution < 1.29 is 56.1 Å². The van der Waals surface area contributed by atoms with E-state index in [0.717, 1.165) is 0 Å². The lowest BCUT2D eigenvalue weighted by Crippen LogP contribution is -3.00. The van der Waals surface area contributed by atoms with Gasteiger partial charge in [-0.1, -0.05) is 12.1 Å². The fraction of sp³-hybridized carbons (Fsp3) is 0.526. The van der Waals surface area contributed by atoms with Gasteiger partial charge in [0.25, 0.3) is 0 Å². The van der Waals surface area contributed by atoms with Crippen LogP contribution in [0.4, 0.5) is 0 Å². The van der Waals surface area contributed by atoms with E-state index in [-0.39, 0.29) is 36.8 Å². The summed E-state index contributed by atoms with van der Waals surface area (Å²) in [5.74, 6) is -0.843. The average Bonchev–Trinajstić information content (AvgIpc) is 3.07. The van der Waals surface area contributed by atoms with Gasteiger partial charge >= 0.3 is 5.97 Å². The van der Waals surface area contributed by atoms with Crippen molar-refractivity contribution >= 4 is 28.6 Å². The van der Waals surface area contributed by atoms with Gasteiger partial charge in [-0.15, -0.1) is 22.7 Å². The van der Waals surface area contributed by atoms with Crippen molar-refractivity contribution in [1.29, 1.82) is 0 Å². The van der Waals surface area contributed by atoms with Crippen molar-refractivity contribution in [1.82, 2.24) is 0 Å². The van der Waals surface area contributed by atoms with Gasteiger partial charge in [0.05, 0.1) is 31.9 Å². The summed E-state index contributed by atoms with van der Waals surface area (Å²) in [6.45, 7) is -5.53. The predicted octanol–water partition coefficient (Wildman–Crippen LogP) is -0.650. The van der Waals surface area contributed by atoms with Crippen LogP contribution >= 0.6 is 22.7 Å². The highest BCUT2D eigenvalue weighted by atomic mass is 127. The molecule has 2 aromatic rings. The number of thiophene rings is 2. The summed E-state index contributed by atoms with van der Waals surface area (Å²) in [7, 11) is 0. The highest BCUT2D eigenvalue weighted by Gasteiger charge is 2.71. The molecule has 1 N–H and O–H groups in total. The number of hydrogen-bond donors (Lipinski definition) is 1. The van der Waals surface area contributed by atoms with Crippen LogP contribution in [0.2, 0.25) is 0 Å². The minimum absolute atomic E-state index is 0. The maximum absolute atomic E-state index is 13.3. The van der Waals surface area contributed by atoms with Crippen LogP contribution in [0.25, 0.3) is 0 Å². The maximum Gasteiger partial charge on any atom is 0.349 e. The predicted molar refractivity (Wildman–Crippen MR) is 99.1 cm³/mol. The molecule has 1 unspecified atom stereocenters. The number of piperidine rings is 1. The van der Waals surface area contributed by atoms with E-state index in [0.29, 0.717) is 9.75 Å². The zero-order valence-electron chi connectivity index (χ0n) is 20.1. The number of carbonyl (C=O) groups excluding carboxylic acids is 1. The number of esters is 1. The number of fused-ring (bicyclic) bond motifs is 5.